The van der Waals surface area contributed by atoms with Crippen molar-refractivity contribution in [2.45, 2.75) is 13.0 Å². The Morgan fingerprint density at radius 1 is 1.15 bits per heavy atom. The lowest BCUT2D eigenvalue weighted by molar-refractivity contribution is -0.420. The average molecular weight is 365 g/mol. The molecule has 0 aromatic heterocycles. The second-order valence-electron chi connectivity index (χ2n) is 6.33. The fourth-order valence-corrected chi connectivity index (χ4v) is 3.27. The van der Waals surface area contributed by atoms with E-state index in [4.69, 9.17) is 9.47 Å². The van der Waals surface area contributed by atoms with Crippen LogP contribution in [-0.2, 0) is 14.3 Å². The number of ether oxygens (including phenoxy) is 2. The van der Waals surface area contributed by atoms with Gasteiger partial charge in [-0.25, -0.2) is 9.59 Å². The van der Waals surface area contributed by atoms with Crippen LogP contribution in [0, 0.1) is 6.92 Å². The molecule has 2 aromatic rings. The van der Waals surface area contributed by atoms with Gasteiger partial charge in [0, 0.05) is 0 Å². The average Bonchev–Trinajstić information content (AvgIpc) is 3.06. The summed E-state index contributed by atoms with van der Waals surface area (Å²) in [6.07, 6.45) is -0.994. The molecule has 2 aromatic carbocycles. The summed E-state index contributed by atoms with van der Waals surface area (Å²) >= 11 is 0. The zero-order valence-corrected chi connectivity index (χ0v) is 14.8. The maximum atomic E-state index is 13.2. The number of hydrogen-bond donors (Lipinski definition) is 0. The number of para-hydroxylation sites is 1. The molecule has 1 unspecified atom stereocenters. The fourth-order valence-electron chi connectivity index (χ4n) is 3.27. The highest BCUT2D eigenvalue weighted by molar-refractivity contribution is 6.29. The van der Waals surface area contributed by atoms with Gasteiger partial charge in [0.25, 0.3) is 6.10 Å². The lowest BCUT2D eigenvalue weighted by atomic mass is 10.0. The van der Waals surface area contributed by atoms with Gasteiger partial charge in [0.2, 0.25) is 0 Å². The Morgan fingerprint density at radius 2 is 1.85 bits per heavy atom. The molecule has 2 aliphatic rings. The van der Waals surface area contributed by atoms with Crippen LogP contribution in [0.15, 0.2) is 48.5 Å². The van der Waals surface area contributed by atoms with Crippen molar-refractivity contribution in [1.29, 1.82) is 0 Å². The van der Waals surface area contributed by atoms with Crippen molar-refractivity contribution >= 4 is 29.3 Å². The van der Waals surface area contributed by atoms with E-state index in [-0.39, 0.29) is 6.54 Å². The summed E-state index contributed by atoms with van der Waals surface area (Å²) in [4.78, 5) is 39.2. The van der Waals surface area contributed by atoms with Gasteiger partial charge in [0.05, 0.1) is 12.7 Å². The van der Waals surface area contributed by atoms with Gasteiger partial charge in [-0.05, 0) is 31.2 Å². The number of methoxy groups -OCH3 is 1. The molecule has 0 saturated carbocycles. The van der Waals surface area contributed by atoms with Crippen LogP contribution in [0.4, 0.5) is 10.5 Å². The maximum absolute atomic E-state index is 13.2. The number of fused-ring (bicyclic) bond motifs is 3. The summed E-state index contributed by atoms with van der Waals surface area (Å²) in [6.45, 7) is 1.60. The number of urea groups is 1. The number of rotatable bonds is 3. The second kappa shape index (κ2) is 6.35. The summed E-state index contributed by atoms with van der Waals surface area (Å²) in [5, 5.41) is 0. The van der Waals surface area contributed by atoms with E-state index in [2.05, 4.69) is 0 Å². The zero-order chi connectivity index (χ0) is 19.1. The molecule has 4 rings (SSSR count). The molecule has 2 aliphatic heterocycles. The predicted octanol–water partition coefficient (Wildman–Crippen LogP) is 1.90. The molecule has 0 bridgehead atoms. The third-order valence-corrected chi connectivity index (χ3v) is 4.62. The molecular weight excluding hydrogens is 348 g/mol. The van der Waals surface area contributed by atoms with Gasteiger partial charge in [0.15, 0.2) is 12.3 Å². The smallest absolute Gasteiger partial charge is 0.469 e. The first-order chi connectivity index (χ1) is 13.0. The lowest BCUT2D eigenvalue weighted by Gasteiger charge is -2.23. The number of benzene rings is 2. The SMILES string of the molecule is COC(=O)C[N+]1=C2c3ccccc3OC2C(=O)N(c2ccc(C)cc2)C1=O. The molecule has 3 amide bonds. The lowest BCUT2D eigenvalue weighted by Crippen LogP contribution is -2.58. The molecule has 0 N–H and O–H groups in total. The number of nitrogens with zero attached hydrogens (tertiary/aromatic N) is 2. The Bertz CT molecular complexity index is 994. The molecule has 0 aliphatic carbocycles. The van der Waals surface area contributed by atoms with Gasteiger partial charge >= 0.3 is 17.9 Å². The molecule has 2 heterocycles. The number of anilines is 1. The summed E-state index contributed by atoms with van der Waals surface area (Å²) in [5.41, 5.74) is 2.41. The first-order valence-electron chi connectivity index (χ1n) is 8.43. The highest BCUT2D eigenvalue weighted by Crippen LogP contribution is 2.33. The molecule has 0 saturated heterocycles. The van der Waals surface area contributed by atoms with Gasteiger partial charge in [-0.1, -0.05) is 29.8 Å². The Kier molecular flexibility index (Phi) is 3.99. The van der Waals surface area contributed by atoms with E-state index in [0.29, 0.717) is 22.7 Å². The van der Waals surface area contributed by atoms with Crippen LogP contribution in [-0.4, -0.2) is 48.0 Å². The predicted molar refractivity (Wildman–Crippen MR) is 96.2 cm³/mol. The summed E-state index contributed by atoms with van der Waals surface area (Å²) in [6, 6.07) is 13.4. The zero-order valence-electron chi connectivity index (χ0n) is 14.8. The van der Waals surface area contributed by atoms with E-state index in [1.54, 1.807) is 36.4 Å². The van der Waals surface area contributed by atoms with Crippen LogP contribution in [0.2, 0.25) is 0 Å². The third-order valence-electron chi connectivity index (χ3n) is 4.62. The van der Waals surface area contributed by atoms with Crippen molar-refractivity contribution in [3.63, 3.8) is 0 Å². The number of amides is 3. The maximum Gasteiger partial charge on any atom is 0.506 e. The molecule has 7 heteroatoms. The number of imide groups is 1. The van der Waals surface area contributed by atoms with Crippen molar-refractivity contribution in [3.8, 4) is 5.75 Å². The number of carbonyl (C=O) groups excluding carboxylic acids is 3. The molecule has 0 spiro atoms. The molecule has 1 atom stereocenters. The molecule has 0 radical (unpaired) electrons. The molecule has 0 fully saturated rings. The highest BCUT2D eigenvalue weighted by atomic mass is 16.5. The van der Waals surface area contributed by atoms with Crippen LogP contribution >= 0.6 is 0 Å². The number of hydrogen-bond acceptors (Lipinski definition) is 5. The van der Waals surface area contributed by atoms with Gasteiger partial charge in [0.1, 0.15) is 11.4 Å². The monoisotopic (exact) mass is 365 g/mol. The van der Waals surface area contributed by atoms with E-state index in [1.807, 2.05) is 19.1 Å². The van der Waals surface area contributed by atoms with Gasteiger partial charge in [-0.2, -0.15) is 9.37 Å². The Labute approximate surface area is 155 Å². The van der Waals surface area contributed by atoms with Crippen molar-refractivity contribution in [1.82, 2.24) is 0 Å². The van der Waals surface area contributed by atoms with Crippen LogP contribution < -0.4 is 9.64 Å². The van der Waals surface area contributed by atoms with E-state index >= 15 is 0 Å². The van der Waals surface area contributed by atoms with E-state index < -0.39 is 24.0 Å². The van der Waals surface area contributed by atoms with E-state index in [0.717, 1.165) is 10.5 Å². The van der Waals surface area contributed by atoms with Crippen LogP contribution in [0.1, 0.15) is 11.1 Å². The van der Waals surface area contributed by atoms with Gasteiger partial charge in [-0.3, -0.25) is 0 Å². The normalized spacial score (nSPS) is 18.1. The Balaban J connectivity index is 1.87. The summed E-state index contributed by atoms with van der Waals surface area (Å²) < 4.78 is 11.8. The quantitative estimate of drug-likeness (QED) is 0.613. The molecular formula is C20H17N2O5+. The number of aryl methyl sites for hydroxylation is 1. The van der Waals surface area contributed by atoms with E-state index in [9.17, 15) is 14.4 Å². The summed E-state index contributed by atoms with van der Waals surface area (Å²) in [7, 11) is 1.25. The molecule has 27 heavy (non-hydrogen) atoms. The molecule has 7 nitrogen and oxygen atoms in total. The number of esters is 1. The van der Waals surface area contributed by atoms with Crippen LogP contribution in [0.3, 0.4) is 0 Å². The minimum absolute atomic E-state index is 0.311. The van der Waals surface area contributed by atoms with Gasteiger partial charge in [-0.15, -0.1) is 4.90 Å². The largest absolute Gasteiger partial charge is 0.506 e. The Hall–Kier alpha value is -3.48. The number of carbonyl (C=O) groups is 3. The van der Waals surface area contributed by atoms with Crippen molar-refractivity contribution in [2.24, 2.45) is 0 Å². The minimum atomic E-state index is -0.994. The third kappa shape index (κ3) is 2.68. The van der Waals surface area contributed by atoms with Crippen LogP contribution in [0.25, 0.3) is 0 Å². The fraction of sp³-hybridized carbons (Fsp3) is 0.200. The first-order valence-corrected chi connectivity index (χ1v) is 8.43. The summed E-state index contributed by atoms with van der Waals surface area (Å²) in [5.74, 6) is -0.576. The van der Waals surface area contributed by atoms with E-state index in [1.165, 1.54) is 11.7 Å². The second-order valence-corrected chi connectivity index (χ2v) is 6.33. The standard InChI is InChI=1S/C20H17N2O5/c1-12-7-9-13(10-8-12)22-19(24)18-17(14-5-3-4-6-15(14)27-18)21(20(22)25)11-16(23)26-2/h3-10,18H,11H2,1-2H3/q+1. The highest BCUT2D eigenvalue weighted by Gasteiger charge is 2.54. The Morgan fingerprint density at radius 3 is 2.56 bits per heavy atom. The first kappa shape index (κ1) is 17.0. The minimum Gasteiger partial charge on any atom is -0.469 e. The van der Waals surface area contributed by atoms with Crippen molar-refractivity contribution in [2.75, 3.05) is 18.6 Å². The van der Waals surface area contributed by atoms with Crippen molar-refractivity contribution < 1.29 is 28.4 Å². The topological polar surface area (TPSA) is 75.9 Å². The van der Waals surface area contributed by atoms with Gasteiger partial charge < -0.3 is 9.47 Å². The van der Waals surface area contributed by atoms with Crippen molar-refractivity contribution in [3.05, 3.63) is 59.7 Å². The molecule has 136 valence electrons. The van der Waals surface area contributed by atoms with Crippen LogP contribution in [0.5, 0.6) is 5.75 Å².